The van der Waals surface area contributed by atoms with Gasteiger partial charge in [0.05, 0.1) is 18.3 Å². The highest BCUT2D eigenvalue weighted by Gasteiger charge is 2.39. The number of aromatic amines is 1. The summed E-state index contributed by atoms with van der Waals surface area (Å²) in [6, 6.07) is 11.7. The third kappa shape index (κ3) is 3.09. The number of likely N-dealkylation sites (tertiary alicyclic amines) is 1. The van der Waals surface area contributed by atoms with Gasteiger partial charge in [0.1, 0.15) is 11.3 Å². The number of aromatic nitrogens is 4. The first-order valence-electron chi connectivity index (χ1n) is 8.54. The average molecular weight is 349 g/mol. The second-order valence-electron chi connectivity index (χ2n) is 6.55. The predicted octanol–water partition coefficient (Wildman–Crippen LogP) is 1.99. The standard InChI is InChI=1S/C19H19N5O2/c25-18(16-9-15(10-20-11-16)14-5-2-1-3-6-14)24-8-4-7-19(26,13-24)17-12-21-23-22-17/h1-3,5-6,9-12,26H,4,7-8,13H2,(H,21,22,23). The van der Waals surface area contributed by atoms with E-state index in [2.05, 4.69) is 20.4 Å². The van der Waals surface area contributed by atoms with Gasteiger partial charge < -0.3 is 10.0 Å². The van der Waals surface area contributed by atoms with Gasteiger partial charge in [-0.15, -0.1) is 0 Å². The number of hydrogen-bond acceptors (Lipinski definition) is 5. The Morgan fingerprint density at radius 3 is 2.77 bits per heavy atom. The van der Waals surface area contributed by atoms with Crippen LogP contribution in [0.25, 0.3) is 11.1 Å². The zero-order chi connectivity index (χ0) is 18.0. The first-order valence-corrected chi connectivity index (χ1v) is 8.54. The molecule has 3 aromatic rings. The van der Waals surface area contributed by atoms with Crippen LogP contribution in [0.1, 0.15) is 28.9 Å². The summed E-state index contributed by atoms with van der Waals surface area (Å²) in [6.07, 6.45) is 6.06. The molecule has 0 bridgehead atoms. The normalized spacial score (nSPS) is 20.1. The number of hydrogen-bond donors (Lipinski definition) is 2. The Kier molecular flexibility index (Phi) is 4.22. The molecule has 1 saturated heterocycles. The molecule has 1 aliphatic rings. The Labute approximate surface area is 150 Å². The van der Waals surface area contributed by atoms with E-state index >= 15 is 0 Å². The Hall–Kier alpha value is -3.06. The molecule has 26 heavy (non-hydrogen) atoms. The zero-order valence-electron chi connectivity index (χ0n) is 14.2. The molecule has 0 saturated carbocycles. The van der Waals surface area contributed by atoms with Crippen LogP contribution in [0.5, 0.6) is 0 Å². The van der Waals surface area contributed by atoms with E-state index in [1.54, 1.807) is 17.3 Å². The van der Waals surface area contributed by atoms with E-state index in [0.29, 0.717) is 30.6 Å². The second-order valence-corrected chi connectivity index (χ2v) is 6.55. The van der Waals surface area contributed by atoms with Crippen molar-refractivity contribution in [2.45, 2.75) is 18.4 Å². The maximum atomic E-state index is 13.0. The number of piperidine rings is 1. The number of nitrogens with zero attached hydrogens (tertiary/aromatic N) is 4. The van der Waals surface area contributed by atoms with Gasteiger partial charge in [0, 0.05) is 24.5 Å². The summed E-state index contributed by atoms with van der Waals surface area (Å²) in [6.45, 7) is 0.780. The largest absolute Gasteiger partial charge is 0.382 e. The SMILES string of the molecule is O=C(c1cncc(-c2ccccc2)c1)N1CCCC(O)(c2cn[nH]n2)C1. The summed E-state index contributed by atoms with van der Waals surface area (Å²) in [5.41, 5.74) is 1.69. The number of H-pyrrole nitrogens is 1. The van der Waals surface area contributed by atoms with Crippen molar-refractivity contribution in [3.63, 3.8) is 0 Å². The molecule has 7 heteroatoms. The monoisotopic (exact) mass is 349 g/mol. The molecule has 1 atom stereocenters. The van der Waals surface area contributed by atoms with E-state index in [-0.39, 0.29) is 12.5 Å². The van der Waals surface area contributed by atoms with Crippen molar-refractivity contribution in [2.24, 2.45) is 0 Å². The molecule has 0 aliphatic carbocycles. The summed E-state index contributed by atoms with van der Waals surface area (Å²) < 4.78 is 0. The Morgan fingerprint density at radius 2 is 2.00 bits per heavy atom. The van der Waals surface area contributed by atoms with Gasteiger partial charge in [0.15, 0.2) is 0 Å². The lowest BCUT2D eigenvalue weighted by Gasteiger charge is -2.38. The van der Waals surface area contributed by atoms with E-state index < -0.39 is 5.60 Å². The van der Waals surface area contributed by atoms with E-state index in [1.165, 1.54) is 6.20 Å². The minimum absolute atomic E-state index is 0.142. The summed E-state index contributed by atoms with van der Waals surface area (Å²) in [5, 5.41) is 21.2. The molecule has 1 aromatic carbocycles. The van der Waals surface area contributed by atoms with Crippen LogP contribution in [-0.2, 0) is 5.60 Å². The van der Waals surface area contributed by atoms with Crippen molar-refractivity contribution in [1.29, 1.82) is 0 Å². The first kappa shape index (κ1) is 16.4. The van der Waals surface area contributed by atoms with Crippen LogP contribution >= 0.6 is 0 Å². The Balaban J connectivity index is 1.58. The molecule has 0 spiro atoms. The third-order valence-corrected chi connectivity index (χ3v) is 4.74. The van der Waals surface area contributed by atoms with Crippen LogP contribution in [-0.4, -0.2) is 49.4 Å². The summed E-state index contributed by atoms with van der Waals surface area (Å²) in [4.78, 5) is 18.9. The van der Waals surface area contributed by atoms with Crippen LogP contribution < -0.4 is 0 Å². The minimum atomic E-state index is -1.18. The highest BCUT2D eigenvalue weighted by Crippen LogP contribution is 2.30. The van der Waals surface area contributed by atoms with Crippen molar-refractivity contribution in [3.05, 3.63) is 66.2 Å². The van der Waals surface area contributed by atoms with Crippen LogP contribution in [0, 0.1) is 0 Å². The van der Waals surface area contributed by atoms with E-state index in [1.807, 2.05) is 36.4 Å². The molecule has 1 amide bonds. The number of nitrogens with one attached hydrogen (secondary N) is 1. The number of benzene rings is 1. The van der Waals surface area contributed by atoms with Crippen LogP contribution in [0.4, 0.5) is 0 Å². The zero-order valence-corrected chi connectivity index (χ0v) is 14.2. The lowest BCUT2D eigenvalue weighted by atomic mass is 9.89. The molecule has 1 aliphatic heterocycles. The fourth-order valence-corrected chi connectivity index (χ4v) is 3.37. The number of amides is 1. The predicted molar refractivity (Wildman–Crippen MR) is 95.1 cm³/mol. The number of pyridine rings is 1. The summed E-state index contributed by atoms with van der Waals surface area (Å²) >= 11 is 0. The van der Waals surface area contributed by atoms with Crippen LogP contribution in [0.2, 0.25) is 0 Å². The molecule has 4 rings (SSSR count). The Morgan fingerprint density at radius 1 is 1.15 bits per heavy atom. The minimum Gasteiger partial charge on any atom is -0.382 e. The van der Waals surface area contributed by atoms with Gasteiger partial charge in [-0.25, -0.2) is 0 Å². The topological polar surface area (TPSA) is 95.0 Å². The van der Waals surface area contributed by atoms with Gasteiger partial charge in [0.25, 0.3) is 5.91 Å². The van der Waals surface area contributed by atoms with E-state index in [9.17, 15) is 9.90 Å². The molecule has 1 unspecified atom stereocenters. The van der Waals surface area contributed by atoms with Crippen molar-refractivity contribution < 1.29 is 9.90 Å². The number of carbonyl (C=O) groups excluding carboxylic acids is 1. The molecular formula is C19H19N5O2. The van der Waals surface area contributed by atoms with E-state index in [0.717, 1.165) is 11.1 Å². The van der Waals surface area contributed by atoms with Crippen molar-refractivity contribution in [2.75, 3.05) is 13.1 Å². The maximum absolute atomic E-state index is 13.0. The number of carbonyl (C=O) groups is 1. The fraction of sp³-hybridized carbons (Fsp3) is 0.263. The molecule has 7 nitrogen and oxygen atoms in total. The molecule has 2 N–H and O–H groups in total. The van der Waals surface area contributed by atoms with Crippen molar-refractivity contribution >= 4 is 5.91 Å². The number of β-amino-alcohol motifs (C(OH)–C–C–N with tert-alkyl or cyclic N) is 1. The highest BCUT2D eigenvalue weighted by atomic mass is 16.3. The van der Waals surface area contributed by atoms with Crippen LogP contribution in [0.3, 0.4) is 0 Å². The van der Waals surface area contributed by atoms with Gasteiger partial charge in [-0.3, -0.25) is 9.78 Å². The molecule has 0 radical (unpaired) electrons. The molecular weight excluding hydrogens is 330 g/mol. The average Bonchev–Trinajstić information content (AvgIpc) is 3.24. The number of aliphatic hydroxyl groups is 1. The summed E-state index contributed by atoms with van der Waals surface area (Å²) in [5.74, 6) is -0.142. The van der Waals surface area contributed by atoms with Crippen molar-refractivity contribution in [1.82, 2.24) is 25.3 Å². The lowest BCUT2D eigenvalue weighted by molar-refractivity contribution is -0.0320. The fourth-order valence-electron chi connectivity index (χ4n) is 3.37. The van der Waals surface area contributed by atoms with Gasteiger partial charge in [-0.1, -0.05) is 30.3 Å². The second kappa shape index (κ2) is 6.68. The Bertz CT molecular complexity index is 897. The van der Waals surface area contributed by atoms with Gasteiger partial charge in [-0.05, 0) is 24.5 Å². The molecule has 3 heterocycles. The first-order chi connectivity index (χ1) is 12.7. The van der Waals surface area contributed by atoms with Gasteiger partial charge in [-0.2, -0.15) is 15.4 Å². The van der Waals surface area contributed by atoms with Crippen LogP contribution in [0.15, 0.2) is 55.0 Å². The molecule has 132 valence electrons. The smallest absolute Gasteiger partial charge is 0.255 e. The lowest BCUT2D eigenvalue weighted by Crippen LogP contribution is -2.48. The van der Waals surface area contributed by atoms with Gasteiger partial charge >= 0.3 is 0 Å². The molecule has 1 fully saturated rings. The quantitative estimate of drug-likeness (QED) is 0.754. The maximum Gasteiger partial charge on any atom is 0.255 e. The molecule has 2 aromatic heterocycles. The summed E-state index contributed by atoms with van der Waals surface area (Å²) in [7, 11) is 0. The number of rotatable bonds is 3. The van der Waals surface area contributed by atoms with Gasteiger partial charge in [0.2, 0.25) is 0 Å². The highest BCUT2D eigenvalue weighted by molar-refractivity contribution is 5.95. The third-order valence-electron chi connectivity index (χ3n) is 4.74. The van der Waals surface area contributed by atoms with Crippen molar-refractivity contribution in [3.8, 4) is 11.1 Å². The van der Waals surface area contributed by atoms with E-state index in [4.69, 9.17) is 0 Å².